The molecule has 0 saturated carbocycles. The van der Waals surface area contributed by atoms with E-state index < -0.39 is 5.92 Å². The molecule has 7 heteroatoms. The molecular formula is C31H34N2O4S. The van der Waals surface area contributed by atoms with Crippen LogP contribution in [0.3, 0.4) is 0 Å². The zero-order chi connectivity index (χ0) is 27.6. The zero-order valence-electron chi connectivity index (χ0n) is 22.8. The molecule has 1 atom stereocenters. The molecule has 6 nitrogen and oxygen atoms in total. The number of nitrogens with one attached hydrogen (secondary N) is 1. The monoisotopic (exact) mass is 530 g/mol. The van der Waals surface area contributed by atoms with E-state index in [2.05, 4.69) is 39.1 Å². The highest BCUT2D eigenvalue weighted by atomic mass is 32.2. The Bertz CT molecular complexity index is 1360. The number of ketones is 2. The van der Waals surface area contributed by atoms with Crippen molar-refractivity contribution in [3.63, 3.8) is 0 Å². The lowest BCUT2D eigenvalue weighted by atomic mass is 9.69. The molecule has 0 unspecified atom stereocenters. The molecule has 0 saturated heterocycles. The van der Waals surface area contributed by atoms with Gasteiger partial charge >= 0.3 is 0 Å². The van der Waals surface area contributed by atoms with E-state index in [1.165, 1.54) is 17.3 Å². The maximum Gasteiger partial charge on any atom is 0.173 e. The van der Waals surface area contributed by atoms with Crippen LogP contribution in [0.4, 0.5) is 0 Å². The molecule has 4 rings (SSSR count). The van der Waals surface area contributed by atoms with Crippen LogP contribution in [0.5, 0.6) is 11.5 Å². The topological polar surface area (TPSA) is 88.4 Å². The van der Waals surface area contributed by atoms with E-state index >= 15 is 0 Å². The number of carbonyl (C=O) groups is 2. The Morgan fingerprint density at radius 3 is 2.39 bits per heavy atom. The molecular weight excluding hydrogens is 496 g/mol. The van der Waals surface area contributed by atoms with Gasteiger partial charge in [0.2, 0.25) is 0 Å². The summed E-state index contributed by atoms with van der Waals surface area (Å²) in [5.74, 6) is 1.13. The summed E-state index contributed by atoms with van der Waals surface area (Å²) in [7, 11) is 3.13. The van der Waals surface area contributed by atoms with Crippen molar-refractivity contribution in [2.75, 3.05) is 20.0 Å². The number of methoxy groups -OCH3 is 2. The summed E-state index contributed by atoms with van der Waals surface area (Å²) in [6.07, 6.45) is 1.08. The first kappa shape index (κ1) is 27.5. The summed E-state index contributed by atoms with van der Waals surface area (Å²) >= 11 is 1.31. The number of benzene rings is 2. The number of nitrogens with zero attached hydrogens (tertiary/aromatic N) is 1. The van der Waals surface area contributed by atoms with Gasteiger partial charge in [-0.25, -0.2) is 0 Å². The third-order valence-corrected chi connectivity index (χ3v) is 8.13. The Hall–Kier alpha value is -3.50. The van der Waals surface area contributed by atoms with Crippen molar-refractivity contribution >= 4 is 23.3 Å². The lowest BCUT2D eigenvalue weighted by Crippen LogP contribution is -2.37. The summed E-state index contributed by atoms with van der Waals surface area (Å²) in [5.41, 5.74) is 4.25. The number of hydrogen-bond donors (Lipinski definition) is 1. The van der Waals surface area contributed by atoms with Gasteiger partial charge in [-0.05, 0) is 41.0 Å². The molecule has 38 heavy (non-hydrogen) atoms. The molecule has 1 aliphatic heterocycles. The molecule has 0 spiro atoms. The van der Waals surface area contributed by atoms with Gasteiger partial charge in [-0.3, -0.25) is 9.59 Å². The summed E-state index contributed by atoms with van der Waals surface area (Å²) in [6, 6.07) is 15.5. The number of carbonyl (C=O) groups excluding carboxylic acids is 2. The number of ether oxygens (including phenoxy) is 2. The first-order valence-corrected chi connectivity index (χ1v) is 13.7. The van der Waals surface area contributed by atoms with Crippen LogP contribution in [0.25, 0.3) is 0 Å². The Labute approximate surface area is 229 Å². The highest BCUT2D eigenvalue weighted by Crippen LogP contribution is 2.48. The maximum atomic E-state index is 13.5. The second-order valence-electron chi connectivity index (χ2n) is 10.8. The molecule has 2 aromatic rings. The van der Waals surface area contributed by atoms with E-state index in [4.69, 9.17) is 9.47 Å². The molecule has 1 aliphatic carbocycles. The van der Waals surface area contributed by atoms with Gasteiger partial charge in [-0.15, -0.1) is 0 Å². The molecule has 0 radical (unpaired) electrons. The summed E-state index contributed by atoms with van der Waals surface area (Å²) < 4.78 is 10.9. The van der Waals surface area contributed by atoms with Gasteiger partial charge in [0, 0.05) is 23.3 Å². The number of dihydropyridines is 1. The fourth-order valence-corrected chi connectivity index (χ4v) is 6.09. The van der Waals surface area contributed by atoms with Crippen molar-refractivity contribution in [1.82, 2.24) is 5.32 Å². The van der Waals surface area contributed by atoms with Gasteiger partial charge in [0.15, 0.2) is 23.1 Å². The molecule has 0 bridgehead atoms. The lowest BCUT2D eigenvalue weighted by molar-refractivity contribution is -0.118. The maximum absolute atomic E-state index is 13.5. The third kappa shape index (κ3) is 5.51. The van der Waals surface area contributed by atoms with Gasteiger partial charge in [-0.1, -0.05) is 69.8 Å². The largest absolute Gasteiger partial charge is 0.493 e. The highest BCUT2D eigenvalue weighted by Gasteiger charge is 2.42. The van der Waals surface area contributed by atoms with E-state index in [1.54, 1.807) is 20.3 Å². The van der Waals surface area contributed by atoms with Gasteiger partial charge in [0.1, 0.15) is 0 Å². The fraction of sp³-hybridized carbons (Fsp3) is 0.387. The molecule has 0 fully saturated rings. The summed E-state index contributed by atoms with van der Waals surface area (Å²) in [6.45, 7) is 8.38. The third-order valence-electron chi connectivity index (χ3n) is 7.11. The molecule has 0 aromatic heterocycles. The first-order chi connectivity index (χ1) is 18.1. The summed E-state index contributed by atoms with van der Waals surface area (Å²) in [5, 5.41) is 14.3. The highest BCUT2D eigenvalue weighted by molar-refractivity contribution is 8.03. The summed E-state index contributed by atoms with van der Waals surface area (Å²) in [4.78, 5) is 26.5. The van der Waals surface area contributed by atoms with E-state index in [9.17, 15) is 14.9 Å². The number of allylic oxidation sites excluding steroid dienone is 3. The van der Waals surface area contributed by atoms with Crippen LogP contribution < -0.4 is 14.8 Å². The van der Waals surface area contributed by atoms with Gasteiger partial charge in [0.05, 0.1) is 42.6 Å². The Morgan fingerprint density at radius 1 is 1.11 bits per heavy atom. The van der Waals surface area contributed by atoms with Crippen LogP contribution in [0.15, 0.2) is 64.3 Å². The van der Waals surface area contributed by atoms with E-state index in [0.717, 1.165) is 11.3 Å². The van der Waals surface area contributed by atoms with Crippen molar-refractivity contribution < 1.29 is 19.1 Å². The second-order valence-corrected chi connectivity index (χ2v) is 11.8. The van der Waals surface area contributed by atoms with E-state index in [0.29, 0.717) is 52.0 Å². The Morgan fingerprint density at radius 2 is 1.79 bits per heavy atom. The predicted octanol–water partition coefficient (Wildman–Crippen LogP) is 6.51. The smallest absolute Gasteiger partial charge is 0.173 e. The first-order valence-electron chi connectivity index (χ1n) is 12.7. The lowest BCUT2D eigenvalue weighted by Gasteiger charge is -2.39. The second kappa shape index (κ2) is 11.1. The van der Waals surface area contributed by atoms with Crippen molar-refractivity contribution in [2.45, 2.75) is 52.4 Å². The van der Waals surface area contributed by atoms with Crippen LogP contribution in [0, 0.1) is 16.7 Å². The fourth-order valence-electron chi connectivity index (χ4n) is 5.13. The SMILES string of the molecule is COc1ccc([C@H]2C(C#N)=C(SCC(=O)c3ccc(C(C)C)cc3)NC3=C2C(=O)CC(C)(C)C3)cc1OC. The minimum Gasteiger partial charge on any atom is -0.493 e. The van der Waals surface area contributed by atoms with E-state index in [-0.39, 0.29) is 22.7 Å². The number of rotatable bonds is 8. The minimum absolute atomic E-state index is 0.0145. The van der Waals surface area contributed by atoms with Crippen molar-refractivity contribution in [1.29, 1.82) is 5.26 Å². The average Bonchev–Trinajstić information content (AvgIpc) is 2.89. The van der Waals surface area contributed by atoms with Crippen LogP contribution in [0.2, 0.25) is 0 Å². The zero-order valence-corrected chi connectivity index (χ0v) is 23.6. The number of thioether (sulfide) groups is 1. The number of hydrogen-bond acceptors (Lipinski definition) is 7. The standard InChI is InChI=1S/C31H34N2O4S/c1-18(2)19-7-9-20(10-8-19)25(35)17-38-30-22(16-32)28(21-11-12-26(36-5)27(13-21)37-6)29-23(33-30)14-31(3,4)15-24(29)34/h7-13,18,28,33H,14-15,17H2,1-6H3/t28-/m0/s1. The Kier molecular flexibility index (Phi) is 8.03. The molecule has 1 N–H and O–H groups in total. The van der Waals surface area contributed by atoms with Crippen molar-refractivity contribution in [2.24, 2.45) is 5.41 Å². The van der Waals surface area contributed by atoms with Gasteiger partial charge in [0.25, 0.3) is 0 Å². The van der Waals surface area contributed by atoms with E-state index in [1.807, 2.05) is 36.4 Å². The van der Waals surface area contributed by atoms with Crippen LogP contribution >= 0.6 is 11.8 Å². The Balaban J connectivity index is 1.72. The molecule has 2 aromatic carbocycles. The number of nitriles is 1. The van der Waals surface area contributed by atoms with Crippen LogP contribution in [-0.2, 0) is 4.79 Å². The van der Waals surface area contributed by atoms with Gasteiger partial charge < -0.3 is 14.8 Å². The molecule has 1 heterocycles. The molecule has 0 amide bonds. The molecule has 198 valence electrons. The predicted molar refractivity (Wildman–Crippen MR) is 150 cm³/mol. The normalized spacial score (nSPS) is 18.6. The van der Waals surface area contributed by atoms with Crippen molar-refractivity contribution in [3.05, 3.63) is 81.0 Å². The quantitative estimate of drug-likeness (QED) is 0.389. The number of Topliss-reactive ketones (excluding diaryl/α,β-unsaturated/α-hetero) is 2. The average molecular weight is 531 g/mol. The van der Waals surface area contributed by atoms with Crippen LogP contribution in [0.1, 0.15) is 73.9 Å². The minimum atomic E-state index is -0.553. The van der Waals surface area contributed by atoms with Crippen LogP contribution in [-0.4, -0.2) is 31.5 Å². The van der Waals surface area contributed by atoms with Crippen molar-refractivity contribution in [3.8, 4) is 17.6 Å². The van der Waals surface area contributed by atoms with Gasteiger partial charge in [-0.2, -0.15) is 5.26 Å². The molecule has 2 aliphatic rings.